The monoisotopic (exact) mass is 165 g/mol. The van der Waals surface area contributed by atoms with Gasteiger partial charge in [0.25, 0.3) is 5.82 Å². The van der Waals surface area contributed by atoms with Crippen LogP contribution in [0.4, 0.5) is 0 Å². The maximum Gasteiger partial charge on any atom is 0.253 e. The van der Waals surface area contributed by atoms with Crippen LogP contribution in [0.15, 0.2) is 25.0 Å². The molecule has 0 N–H and O–H groups in total. The second kappa shape index (κ2) is 4.10. The predicted molar refractivity (Wildman–Crippen MR) is 49.9 cm³/mol. The first-order valence-electron chi connectivity index (χ1n) is 4.45. The van der Waals surface area contributed by atoms with Gasteiger partial charge in [0.2, 0.25) is 0 Å². The zero-order valence-electron chi connectivity index (χ0n) is 7.95. The van der Waals surface area contributed by atoms with Gasteiger partial charge in [-0.05, 0) is 6.42 Å². The predicted octanol–water partition coefficient (Wildman–Crippen LogP) is 1.68. The molecule has 0 fully saturated rings. The molecular formula is C10H17N2+. The van der Waals surface area contributed by atoms with Crippen molar-refractivity contribution in [2.45, 2.75) is 33.4 Å². The average Bonchev–Trinajstić information content (AvgIpc) is 2.38. The van der Waals surface area contributed by atoms with Crippen LogP contribution >= 0.6 is 0 Å². The largest absolute Gasteiger partial charge is 0.253 e. The van der Waals surface area contributed by atoms with Crippen molar-refractivity contribution >= 4 is 0 Å². The molecule has 12 heavy (non-hydrogen) atoms. The summed E-state index contributed by atoms with van der Waals surface area (Å²) in [7, 11) is 0. The van der Waals surface area contributed by atoms with Crippen LogP contribution in [0.5, 0.6) is 0 Å². The van der Waals surface area contributed by atoms with E-state index in [0.717, 1.165) is 13.1 Å². The molecule has 0 aliphatic carbocycles. The highest BCUT2D eigenvalue weighted by molar-refractivity contribution is 4.83. The molecule has 1 aromatic rings. The fourth-order valence-corrected chi connectivity index (χ4v) is 1.35. The lowest BCUT2D eigenvalue weighted by Gasteiger charge is -1.96. The molecule has 0 aliphatic heterocycles. The minimum Gasteiger partial charge on any atom is -0.234 e. The van der Waals surface area contributed by atoms with Crippen LogP contribution in [0.3, 0.4) is 0 Å². The van der Waals surface area contributed by atoms with Gasteiger partial charge in [0.15, 0.2) is 0 Å². The number of imidazole rings is 1. The zero-order valence-corrected chi connectivity index (χ0v) is 7.95. The van der Waals surface area contributed by atoms with Crippen LogP contribution in [0.25, 0.3) is 0 Å². The second-order valence-electron chi connectivity index (χ2n) is 2.98. The summed E-state index contributed by atoms with van der Waals surface area (Å²) >= 11 is 0. The van der Waals surface area contributed by atoms with Crippen LogP contribution in [0.2, 0.25) is 0 Å². The number of aryl methyl sites for hydroxylation is 1. The molecule has 0 amide bonds. The number of rotatable bonds is 4. The SMILES string of the molecule is C=CCn1cc[n+](CCC)c1C. The van der Waals surface area contributed by atoms with Gasteiger partial charge in [-0.1, -0.05) is 19.6 Å². The molecule has 0 unspecified atom stereocenters. The van der Waals surface area contributed by atoms with E-state index in [1.807, 2.05) is 6.08 Å². The summed E-state index contributed by atoms with van der Waals surface area (Å²) in [6, 6.07) is 0. The van der Waals surface area contributed by atoms with Gasteiger partial charge in [-0.3, -0.25) is 0 Å². The van der Waals surface area contributed by atoms with E-state index in [0.29, 0.717) is 0 Å². The highest BCUT2D eigenvalue weighted by atomic mass is 15.1. The lowest BCUT2D eigenvalue weighted by molar-refractivity contribution is -0.702. The van der Waals surface area contributed by atoms with Crippen molar-refractivity contribution in [3.8, 4) is 0 Å². The van der Waals surface area contributed by atoms with Crippen LogP contribution in [-0.4, -0.2) is 4.57 Å². The molecule has 0 saturated heterocycles. The fourth-order valence-electron chi connectivity index (χ4n) is 1.35. The lowest BCUT2D eigenvalue weighted by atomic mass is 10.4. The minimum atomic E-state index is 0.905. The smallest absolute Gasteiger partial charge is 0.234 e. The third kappa shape index (κ3) is 1.76. The van der Waals surface area contributed by atoms with Crippen LogP contribution in [-0.2, 0) is 13.1 Å². The van der Waals surface area contributed by atoms with E-state index in [1.165, 1.54) is 12.2 Å². The first-order chi connectivity index (χ1) is 5.79. The number of nitrogens with zero attached hydrogens (tertiary/aromatic N) is 2. The quantitative estimate of drug-likeness (QED) is 0.474. The van der Waals surface area contributed by atoms with Crippen molar-refractivity contribution in [3.63, 3.8) is 0 Å². The standard InChI is InChI=1S/C10H17N2/c1-4-6-11-8-9-12(7-5-2)10(11)3/h4,8-9H,1,5-7H2,2-3H3/q+1. The normalized spacial score (nSPS) is 10.2. The molecule has 2 heteroatoms. The number of hydrogen-bond acceptors (Lipinski definition) is 0. The van der Waals surface area contributed by atoms with Crippen molar-refractivity contribution in [1.82, 2.24) is 4.57 Å². The molecule has 0 aromatic carbocycles. The van der Waals surface area contributed by atoms with Crippen molar-refractivity contribution in [3.05, 3.63) is 30.9 Å². The van der Waals surface area contributed by atoms with Gasteiger partial charge in [0.05, 0.1) is 6.54 Å². The average molecular weight is 165 g/mol. The van der Waals surface area contributed by atoms with Gasteiger partial charge in [-0.25, -0.2) is 9.13 Å². The van der Waals surface area contributed by atoms with Gasteiger partial charge < -0.3 is 0 Å². The van der Waals surface area contributed by atoms with Crippen molar-refractivity contribution in [2.75, 3.05) is 0 Å². The van der Waals surface area contributed by atoms with E-state index in [9.17, 15) is 0 Å². The van der Waals surface area contributed by atoms with E-state index in [-0.39, 0.29) is 0 Å². The molecule has 2 nitrogen and oxygen atoms in total. The van der Waals surface area contributed by atoms with Crippen molar-refractivity contribution in [1.29, 1.82) is 0 Å². The molecule has 1 aromatic heterocycles. The number of allylic oxidation sites excluding steroid dienone is 1. The summed E-state index contributed by atoms with van der Waals surface area (Å²) in [6.07, 6.45) is 7.34. The fraction of sp³-hybridized carbons (Fsp3) is 0.500. The Hall–Kier alpha value is -1.05. The lowest BCUT2D eigenvalue weighted by Crippen LogP contribution is -2.35. The second-order valence-corrected chi connectivity index (χ2v) is 2.98. The summed E-state index contributed by atoms with van der Waals surface area (Å²) in [6.45, 7) is 10.1. The van der Waals surface area contributed by atoms with E-state index in [2.05, 4.69) is 42.0 Å². The summed E-state index contributed by atoms with van der Waals surface area (Å²) in [5.41, 5.74) is 0. The van der Waals surface area contributed by atoms with Gasteiger partial charge in [-0.2, -0.15) is 0 Å². The number of hydrogen-bond donors (Lipinski definition) is 0. The minimum absolute atomic E-state index is 0.905. The molecule has 0 bridgehead atoms. The molecule has 0 spiro atoms. The Bertz CT molecular complexity index is 261. The van der Waals surface area contributed by atoms with Crippen LogP contribution < -0.4 is 4.57 Å². The Balaban J connectivity index is 2.80. The van der Waals surface area contributed by atoms with E-state index < -0.39 is 0 Å². The van der Waals surface area contributed by atoms with Crippen LogP contribution in [0.1, 0.15) is 19.2 Å². The van der Waals surface area contributed by atoms with Crippen molar-refractivity contribution in [2.24, 2.45) is 0 Å². The molecule has 0 aliphatic rings. The Labute approximate surface area is 74.1 Å². The molecular weight excluding hydrogens is 148 g/mol. The van der Waals surface area contributed by atoms with E-state index >= 15 is 0 Å². The highest BCUT2D eigenvalue weighted by Crippen LogP contribution is 1.94. The molecule has 1 rings (SSSR count). The Morgan fingerprint density at radius 3 is 3.00 bits per heavy atom. The summed E-state index contributed by atoms with van der Waals surface area (Å²) < 4.78 is 4.46. The highest BCUT2D eigenvalue weighted by Gasteiger charge is 2.08. The first-order valence-corrected chi connectivity index (χ1v) is 4.45. The summed E-state index contributed by atoms with van der Waals surface area (Å²) in [5, 5.41) is 0. The summed E-state index contributed by atoms with van der Waals surface area (Å²) in [4.78, 5) is 0. The first kappa shape index (κ1) is 9.04. The van der Waals surface area contributed by atoms with Gasteiger partial charge in [0, 0.05) is 6.92 Å². The molecule has 1 heterocycles. The Morgan fingerprint density at radius 2 is 2.42 bits per heavy atom. The van der Waals surface area contributed by atoms with Gasteiger partial charge in [-0.15, -0.1) is 0 Å². The van der Waals surface area contributed by atoms with Gasteiger partial charge in [0.1, 0.15) is 18.9 Å². The Morgan fingerprint density at radius 1 is 1.67 bits per heavy atom. The maximum atomic E-state index is 3.72. The molecule has 0 radical (unpaired) electrons. The van der Waals surface area contributed by atoms with E-state index in [4.69, 9.17) is 0 Å². The summed E-state index contributed by atoms with van der Waals surface area (Å²) in [5.74, 6) is 1.30. The number of aromatic nitrogens is 2. The zero-order chi connectivity index (χ0) is 8.97. The topological polar surface area (TPSA) is 8.81 Å². The maximum absolute atomic E-state index is 3.72. The van der Waals surface area contributed by atoms with Crippen LogP contribution in [0, 0.1) is 6.92 Å². The molecule has 66 valence electrons. The van der Waals surface area contributed by atoms with Crippen molar-refractivity contribution < 1.29 is 4.57 Å². The van der Waals surface area contributed by atoms with Gasteiger partial charge >= 0.3 is 0 Å². The molecule has 0 atom stereocenters. The third-order valence-electron chi connectivity index (χ3n) is 2.05. The third-order valence-corrected chi connectivity index (χ3v) is 2.05. The van der Waals surface area contributed by atoms with E-state index in [1.54, 1.807) is 0 Å². The molecule has 0 saturated carbocycles. The Kier molecular flexibility index (Phi) is 3.09.